The van der Waals surface area contributed by atoms with E-state index in [1.54, 1.807) is 12.1 Å². The maximum absolute atomic E-state index is 11.9. The van der Waals surface area contributed by atoms with Crippen LogP contribution in [0.5, 0.6) is 0 Å². The van der Waals surface area contributed by atoms with Crippen LogP contribution >= 0.6 is 12.6 Å². The van der Waals surface area contributed by atoms with Crippen molar-refractivity contribution < 1.29 is 17.8 Å². The van der Waals surface area contributed by atoms with E-state index >= 15 is 0 Å². The Bertz CT molecular complexity index is 652. The van der Waals surface area contributed by atoms with Crippen molar-refractivity contribution in [2.24, 2.45) is 11.3 Å². The summed E-state index contributed by atoms with van der Waals surface area (Å²) in [5.74, 6) is 0.796. The summed E-state index contributed by atoms with van der Waals surface area (Å²) >= 11 is 4.52. The van der Waals surface area contributed by atoms with Crippen LogP contribution in [0.4, 0.5) is 0 Å². The van der Waals surface area contributed by atoms with Gasteiger partial charge in [-0.15, -0.1) is 0 Å². The first-order chi connectivity index (χ1) is 11.4. The molecule has 1 aromatic rings. The highest BCUT2D eigenvalue weighted by atomic mass is 32.2. The molecule has 142 valence electrons. The summed E-state index contributed by atoms with van der Waals surface area (Å²) in [6.07, 6.45) is 5.36. The van der Waals surface area contributed by atoms with Crippen LogP contribution < -0.4 is 0 Å². The number of carbonyl (C=O) groups is 1. The zero-order valence-electron chi connectivity index (χ0n) is 15.5. The van der Waals surface area contributed by atoms with Crippen molar-refractivity contribution in [1.29, 1.82) is 0 Å². The molecule has 0 aromatic heterocycles. The van der Waals surface area contributed by atoms with Gasteiger partial charge in [-0.2, -0.15) is 21.0 Å². The first-order valence-electron chi connectivity index (χ1n) is 8.66. The molecule has 0 spiro atoms. The molecule has 0 radical (unpaired) electrons. The van der Waals surface area contributed by atoms with Gasteiger partial charge in [-0.25, -0.2) is 0 Å². The van der Waals surface area contributed by atoms with E-state index < -0.39 is 10.1 Å². The van der Waals surface area contributed by atoms with Crippen molar-refractivity contribution in [2.45, 2.75) is 69.9 Å². The van der Waals surface area contributed by atoms with E-state index in [1.807, 2.05) is 6.92 Å². The topological polar surface area (TPSA) is 71.4 Å². The van der Waals surface area contributed by atoms with Gasteiger partial charge >= 0.3 is 0 Å². The highest BCUT2D eigenvalue weighted by Crippen LogP contribution is 2.31. The molecule has 1 aliphatic rings. The molecule has 1 fully saturated rings. The largest absolute Gasteiger partial charge is 0.299 e. The summed E-state index contributed by atoms with van der Waals surface area (Å²) in [5, 5.41) is 0.204. The number of carbonyl (C=O) groups excluding carboxylic acids is 1. The minimum atomic E-state index is -4.02. The molecule has 1 unspecified atom stereocenters. The zero-order chi connectivity index (χ0) is 19.3. The second kappa shape index (κ2) is 9.19. The smallest absolute Gasteiger partial charge is 0.294 e. The first-order valence-corrected chi connectivity index (χ1v) is 10.6. The molecule has 2 rings (SSSR count). The zero-order valence-corrected chi connectivity index (χ0v) is 17.2. The van der Waals surface area contributed by atoms with Gasteiger partial charge in [0, 0.05) is 17.6 Å². The van der Waals surface area contributed by atoms with Crippen LogP contribution in [0.1, 0.15) is 58.4 Å². The Labute approximate surface area is 157 Å². The number of rotatable bonds is 4. The number of ketones is 1. The van der Waals surface area contributed by atoms with Crippen molar-refractivity contribution in [3.63, 3.8) is 0 Å². The van der Waals surface area contributed by atoms with E-state index in [9.17, 15) is 13.2 Å². The standard InChI is InChI=1S/C12H22OS.C7H8O3S/c1-12(2,3)11(14)8-10(13)9-6-4-5-7-9;1-6-2-4-7(5-3-6)11(8,9)10/h9,11,14H,4-8H2,1-3H3;2-5H,1H3,(H,8,9,10). The minimum Gasteiger partial charge on any atom is -0.299 e. The van der Waals surface area contributed by atoms with Crippen LogP contribution in [-0.4, -0.2) is 24.0 Å². The Morgan fingerprint density at radius 3 is 2.08 bits per heavy atom. The molecule has 1 atom stereocenters. The molecule has 1 aromatic carbocycles. The van der Waals surface area contributed by atoms with Crippen molar-refractivity contribution >= 4 is 28.5 Å². The van der Waals surface area contributed by atoms with Crippen LogP contribution in [-0.2, 0) is 14.9 Å². The van der Waals surface area contributed by atoms with Gasteiger partial charge in [0.2, 0.25) is 0 Å². The predicted octanol–water partition coefficient (Wildman–Crippen LogP) is 4.72. The van der Waals surface area contributed by atoms with Gasteiger partial charge in [-0.1, -0.05) is 51.3 Å². The number of Topliss-reactive ketones (excluding diaryl/α,β-unsaturated/α-hetero) is 1. The third-order valence-corrected chi connectivity index (χ3v) is 6.35. The molecule has 0 amide bonds. The van der Waals surface area contributed by atoms with Gasteiger partial charge < -0.3 is 0 Å². The predicted molar refractivity (Wildman–Crippen MR) is 105 cm³/mol. The Morgan fingerprint density at radius 2 is 1.68 bits per heavy atom. The summed E-state index contributed by atoms with van der Waals surface area (Å²) in [6.45, 7) is 8.28. The monoisotopic (exact) mass is 386 g/mol. The number of hydrogen-bond donors (Lipinski definition) is 2. The molecule has 6 heteroatoms. The highest BCUT2D eigenvalue weighted by molar-refractivity contribution is 7.85. The summed E-state index contributed by atoms with van der Waals surface area (Å²) < 4.78 is 29.6. The summed E-state index contributed by atoms with van der Waals surface area (Å²) in [6, 6.07) is 5.99. The van der Waals surface area contributed by atoms with E-state index in [1.165, 1.54) is 25.0 Å². The maximum Gasteiger partial charge on any atom is 0.294 e. The number of benzene rings is 1. The van der Waals surface area contributed by atoms with Crippen molar-refractivity contribution in [1.82, 2.24) is 0 Å². The summed E-state index contributed by atoms with van der Waals surface area (Å²) in [4.78, 5) is 11.8. The van der Waals surface area contributed by atoms with Gasteiger partial charge in [0.25, 0.3) is 10.1 Å². The van der Waals surface area contributed by atoms with Crippen LogP contribution in [0.2, 0.25) is 0 Å². The number of hydrogen-bond acceptors (Lipinski definition) is 4. The molecule has 25 heavy (non-hydrogen) atoms. The molecule has 4 nitrogen and oxygen atoms in total. The molecule has 0 heterocycles. The molecule has 1 aliphatic carbocycles. The first kappa shape index (κ1) is 22.2. The lowest BCUT2D eigenvalue weighted by Crippen LogP contribution is -2.26. The fraction of sp³-hybridized carbons (Fsp3) is 0.632. The summed E-state index contributed by atoms with van der Waals surface area (Å²) in [7, 11) is -4.02. The third-order valence-electron chi connectivity index (χ3n) is 4.52. The molecular weight excluding hydrogens is 356 g/mol. The normalized spacial score (nSPS) is 16.9. The van der Waals surface area contributed by atoms with Gasteiger partial charge in [0.05, 0.1) is 4.90 Å². The third kappa shape index (κ3) is 7.92. The fourth-order valence-electron chi connectivity index (χ4n) is 2.62. The average molecular weight is 387 g/mol. The fourth-order valence-corrected chi connectivity index (χ4v) is 3.28. The van der Waals surface area contributed by atoms with E-state index in [4.69, 9.17) is 4.55 Å². The van der Waals surface area contributed by atoms with E-state index in [0.717, 1.165) is 18.4 Å². The van der Waals surface area contributed by atoms with Crippen LogP contribution in [0.15, 0.2) is 29.2 Å². The number of aryl methyl sites for hydroxylation is 1. The Morgan fingerprint density at radius 1 is 1.20 bits per heavy atom. The van der Waals surface area contributed by atoms with Crippen LogP contribution in [0.25, 0.3) is 0 Å². The van der Waals surface area contributed by atoms with Gasteiger partial charge in [0.15, 0.2) is 0 Å². The Hall–Kier alpha value is -0.850. The van der Waals surface area contributed by atoms with Crippen molar-refractivity contribution in [2.75, 3.05) is 0 Å². The van der Waals surface area contributed by atoms with E-state index in [2.05, 4.69) is 33.4 Å². The number of thiol groups is 1. The van der Waals surface area contributed by atoms with Gasteiger partial charge in [-0.05, 0) is 37.3 Å². The highest BCUT2D eigenvalue weighted by Gasteiger charge is 2.28. The molecule has 0 saturated heterocycles. The van der Waals surface area contributed by atoms with Crippen molar-refractivity contribution in [3.8, 4) is 0 Å². The lowest BCUT2D eigenvalue weighted by atomic mass is 9.86. The lowest BCUT2D eigenvalue weighted by molar-refractivity contribution is -0.123. The quantitative estimate of drug-likeness (QED) is 0.580. The average Bonchev–Trinajstić information content (AvgIpc) is 3.00. The molecule has 1 saturated carbocycles. The Balaban J connectivity index is 0.000000257. The van der Waals surface area contributed by atoms with Crippen LogP contribution in [0, 0.1) is 18.3 Å². The molecular formula is C19H30O4S2. The Kier molecular flexibility index (Phi) is 8.16. The second-order valence-corrected chi connectivity index (χ2v) is 9.87. The molecule has 0 bridgehead atoms. The van der Waals surface area contributed by atoms with Gasteiger partial charge in [-0.3, -0.25) is 9.35 Å². The lowest BCUT2D eigenvalue weighted by Gasteiger charge is -2.26. The van der Waals surface area contributed by atoms with Crippen LogP contribution in [0.3, 0.4) is 0 Å². The molecule has 1 N–H and O–H groups in total. The SMILES string of the molecule is CC(C)(C)C(S)CC(=O)C1CCCC1.Cc1ccc(S(=O)(=O)O)cc1. The summed E-state index contributed by atoms with van der Waals surface area (Å²) in [5.41, 5.74) is 1.09. The maximum atomic E-state index is 11.9. The van der Waals surface area contributed by atoms with Crippen molar-refractivity contribution in [3.05, 3.63) is 29.8 Å². The minimum absolute atomic E-state index is 0.0666. The molecule has 0 aliphatic heterocycles. The van der Waals surface area contributed by atoms with E-state index in [0.29, 0.717) is 18.1 Å². The van der Waals surface area contributed by atoms with E-state index in [-0.39, 0.29) is 15.6 Å². The second-order valence-electron chi connectivity index (χ2n) is 7.82. The van der Waals surface area contributed by atoms with Gasteiger partial charge in [0.1, 0.15) is 5.78 Å².